The molecule has 0 aliphatic rings. The predicted octanol–water partition coefficient (Wildman–Crippen LogP) is 3.86. The monoisotopic (exact) mass is 375 g/mol. The lowest BCUT2D eigenvalue weighted by Crippen LogP contribution is -2.45. The van der Waals surface area contributed by atoms with Crippen LogP contribution in [0.5, 0.6) is 0 Å². The van der Waals surface area contributed by atoms with Gasteiger partial charge in [0.1, 0.15) is 6.04 Å². The third-order valence-electron chi connectivity index (χ3n) is 4.62. The molecule has 144 valence electrons. The highest BCUT2D eigenvalue weighted by Gasteiger charge is 2.26. The summed E-state index contributed by atoms with van der Waals surface area (Å²) in [5.74, 6) is -0.347. The summed E-state index contributed by atoms with van der Waals surface area (Å²) in [6.45, 7) is 2.85. The van der Waals surface area contributed by atoms with Gasteiger partial charge in [0.15, 0.2) is 0 Å². The molecule has 0 spiro atoms. The normalized spacial score (nSPS) is 12.0. The molecule has 0 radical (unpaired) electrons. The number of carbonyl (C=O) groups excluding carboxylic acids is 2. The van der Waals surface area contributed by atoms with Crippen molar-refractivity contribution in [1.82, 2.24) is 15.5 Å². The van der Waals surface area contributed by atoms with E-state index in [0.29, 0.717) is 13.1 Å². The van der Waals surface area contributed by atoms with Gasteiger partial charge in [-0.1, -0.05) is 66.7 Å². The zero-order chi connectivity index (χ0) is 19.9. The molecule has 0 aliphatic heterocycles. The van der Waals surface area contributed by atoms with Gasteiger partial charge in [0.25, 0.3) is 0 Å². The maximum atomic E-state index is 12.9. The minimum absolute atomic E-state index is 0.347. The standard InChI is InChI=1S/C23H25N3O2/c1-3-24-23(28)25-22(27)21(19-10-5-4-6-11-19)26(2)16-17-13-14-18-9-7-8-12-20(18)15-17/h4-15,21H,3,16H2,1-2H3,(H2,24,25,27,28)/t21-/m1/s1. The number of hydrogen-bond donors (Lipinski definition) is 2. The second kappa shape index (κ2) is 9.15. The van der Waals surface area contributed by atoms with Crippen LogP contribution in [0.1, 0.15) is 24.1 Å². The second-order valence-corrected chi connectivity index (χ2v) is 6.76. The van der Waals surface area contributed by atoms with E-state index in [-0.39, 0.29) is 5.91 Å². The van der Waals surface area contributed by atoms with Crippen molar-refractivity contribution in [2.75, 3.05) is 13.6 Å². The largest absolute Gasteiger partial charge is 0.338 e. The average Bonchev–Trinajstić information content (AvgIpc) is 2.69. The lowest BCUT2D eigenvalue weighted by molar-refractivity contribution is -0.125. The fraction of sp³-hybridized carbons (Fsp3) is 0.217. The average molecular weight is 375 g/mol. The number of urea groups is 1. The molecule has 0 bridgehead atoms. The molecule has 0 aromatic heterocycles. The fourth-order valence-corrected chi connectivity index (χ4v) is 3.34. The molecule has 5 nitrogen and oxygen atoms in total. The lowest BCUT2D eigenvalue weighted by atomic mass is 10.0. The van der Waals surface area contributed by atoms with Crippen LogP contribution in [0.15, 0.2) is 72.8 Å². The van der Waals surface area contributed by atoms with Crippen molar-refractivity contribution in [2.24, 2.45) is 0 Å². The summed E-state index contributed by atoms with van der Waals surface area (Å²) < 4.78 is 0. The molecule has 28 heavy (non-hydrogen) atoms. The molecular weight excluding hydrogens is 350 g/mol. The maximum absolute atomic E-state index is 12.9. The Labute approximate surface area is 165 Å². The molecule has 3 amide bonds. The zero-order valence-corrected chi connectivity index (χ0v) is 16.2. The summed E-state index contributed by atoms with van der Waals surface area (Å²) in [5.41, 5.74) is 1.94. The molecule has 0 unspecified atom stereocenters. The van der Waals surface area contributed by atoms with Gasteiger partial charge in [-0.3, -0.25) is 15.0 Å². The Morgan fingerprint density at radius 2 is 1.61 bits per heavy atom. The minimum Gasteiger partial charge on any atom is -0.338 e. The number of rotatable bonds is 6. The summed E-state index contributed by atoms with van der Waals surface area (Å²) in [7, 11) is 1.89. The summed E-state index contributed by atoms with van der Waals surface area (Å²) in [5, 5.41) is 7.39. The number of fused-ring (bicyclic) bond motifs is 1. The molecule has 3 aromatic carbocycles. The van der Waals surface area contributed by atoms with Crippen LogP contribution in [0.3, 0.4) is 0 Å². The quantitative estimate of drug-likeness (QED) is 0.688. The van der Waals surface area contributed by atoms with E-state index < -0.39 is 12.1 Å². The van der Waals surface area contributed by atoms with Crippen molar-refractivity contribution in [1.29, 1.82) is 0 Å². The van der Waals surface area contributed by atoms with Crippen molar-refractivity contribution < 1.29 is 9.59 Å². The number of carbonyl (C=O) groups is 2. The maximum Gasteiger partial charge on any atom is 0.321 e. The first-order valence-electron chi connectivity index (χ1n) is 9.40. The van der Waals surface area contributed by atoms with Gasteiger partial charge < -0.3 is 5.32 Å². The van der Waals surface area contributed by atoms with E-state index in [1.165, 1.54) is 5.39 Å². The summed E-state index contributed by atoms with van der Waals surface area (Å²) in [6.07, 6.45) is 0. The zero-order valence-electron chi connectivity index (χ0n) is 16.2. The van der Waals surface area contributed by atoms with E-state index in [2.05, 4.69) is 41.0 Å². The van der Waals surface area contributed by atoms with E-state index in [1.807, 2.05) is 61.3 Å². The highest BCUT2D eigenvalue weighted by atomic mass is 16.2. The highest BCUT2D eigenvalue weighted by molar-refractivity contribution is 5.97. The van der Waals surface area contributed by atoms with Gasteiger partial charge in [0.2, 0.25) is 5.91 Å². The summed E-state index contributed by atoms with van der Waals surface area (Å²) in [6, 6.07) is 22.9. The molecule has 0 aliphatic carbocycles. The number of nitrogens with zero attached hydrogens (tertiary/aromatic N) is 1. The first kappa shape index (κ1) is 19.6. The number of amides is 3. The Balaban J connectivity index is 1.83. The highest BCUT2D eigenvalue weighted by Crippen LogP contribution is 2.23. The van der Waals surface area contributed by atoms with Crippen LogP contribution in [0.25, 0.3) is 10.8 Å². The number of imide groups is 1. The molecular formula is C23H25N3O2. The van der Waals surface area contributed by atoms with Crippen LogP contribution in [0.2, 0.25) is 0 Å². The van der Waals surface area contributed by atoms with E-state index in [0.717, 1.165) is 16.5 Å². The topological polar surface area (TPSA) is 61.4 Å². The molecule has 0 fully saturated rings. The van der Waals surface area contributed by atoms with Crippen LogP contribution in [-0.4, -0.2) is 30.4 Å². The van der Waals surface area contributed by atoms with Gasteiger partial charge in [0.05, 0.1) is 0 Å². The van der Waals surface area contributed by atoms with Crippen molar-refractivity contribution in [3.63, 3.8) is 0 Å². The van der Waals surface area contributed by atoms with E-state index in [1.54, 1.807) is 0 Å². The SMILES string of the molecule is CCNC(=O)NC(=O)[C@@H](c1ccccc1)N(C)Cc1ccc2ccccc2c1. The number of benzene rings is 3. The first-order valence-corrected chi connectivity index (χ1v) is 9.40. The molecule has 2 N–H and O–H groups in total. The fourth-order valence-electron chi connectivity index (χ4n) is 3.34. The number of nitrogens with one attached hydrogen (secondary N) is 2. The van der Waals surface area contributed by atoms with Gasteiger partial charge in [-0.05, 0) is 41.9 Å². The van der Waals surface area contributed by atoms with E-state index in [9.17, 15) is 9.59 Å². The molecule has 1 atom stereocenters. The van der Waals surface area contributed by atoms with Crippen molar-refractivity contribution in [3.8, 4) is 0 Å². The second-order valence-electron chi connectivity index (χ2n) is 6.76. The summed E-state index contributed by atoms with van der Waals surface area (Å²) in [4.78, 5) is 26.7. The van der Waals surface area contributed by atoms with Gasteiger partial charge in [-0.15, -0.1) is 0 Å². The minimum atomic E-state index is -0.574. The van der Waals surface area contributed by atoms with Crippen LogP contribution < -0.4 is 10.6 Å². The van der Waals surface area contributed by atoms with E-state index >= 15 is 0 Å². The van der Waals surface area contributed by atoms with Crippen LogP contribution in [-0.2, 0) is 11.3 Å². The van der Waals surface area contributed by atoms with Crippen LogP contribution in [0, 0.1) is 0 Å². The van der Waals surface area contributed by atoms with Crippen molar-refractivity contribution in [2.45, 2.75) is 19.5 Å². The van der Waals surface area contributed by atoms with Crippen molar-refractivity contribution in [3.05, 3.63) is 83.9 Å². The molecule has 0 saturated carbocycles. The Kier molecular flexibility index (Phi) is 6.40. The van der Waals surface area contributed by atoms with E-state index in [4.69, 9.17) is 0 Å². The predicted molar refractivity (Wildman–Crippen MR) is 112 cm³/mol. The number of likely N-dealkylation sites (N-methyl/N-ethyl adjacent to an activating group) is 1. The Hall–Kier alpha value is -3.18. The Morgan fingerprint density at radius 1 is 0.929 bits per heavy atom. The lowest BCUT2D eigenvalue weighted by Gasteiger charge is -2.27. The smallest absolute Gasteiger partial charge is 0.321 e. The van der Waals surface area contributed by atoms with Crippen molar-refractivity contribution >= 4 is 22.7 Å². The Morgan fingerprint density at radius 3 is 2.32 bits per heavy atom. The molecule has 0 saturated heterocycles. The molecule has 0 heterocycles. The van der Waals surface area contributed by atoms with Gasteiger partial charge in [0, 0.05) is 13.1 Å². The number of hydrogen-bond acceptors (Lipinski definition) is 3. The first-order chi connectivity index (χ1) is 13.6. The van der Waals surface area contributed by atoms with Crippen LogP contribution in [0.4, 0.5) is 4.79 Å². The van der Waals surface area contributed by atoms with Gasteiger partial charge in [-0.25, -0.2) is 4.79 Å². The molecule has 3 aromatic rings. The summed E-state index contributed by atoms with van der Waals surface area (Å²) >= 11 is 0. The third-order valence-corrected chi connectivity index (χ3v) is 4.62. The Bertz CT molecular complexity index is 956. The third kappa shape index (κ3) is 4.75. The van der Waals surface area contributed by atoms with Gasteiger partial charge in [-0.2, -0.15) is 0 Å². The molecule has 3 rings (SSSR count). The van der Waals surface area contributed by atoms with Crippen LogP contribution >= 0.6 is 0 Å². The van der Waals surface area contributed by atoms with Gasteiger partial charge >= 0.3 is 6.03 Å². The molecule has 5 heteroatoms.